The number of oxazole rings is 1. The second kappa shape index (κ2) is 6.52. The summed E-state index contributed by atoms with van der Waals surface area (Å²) < 4.78 is 6.64. The summed E-state index contributed by atoms with van der Waals surface area (Å²) in [6, 6.07) is 15.3. The highest BCUT2D eigenvalue weighted by atomic mass is 16.4. The van der Waals surface area contributed by atoms with Gasteiger partial charge in [-0.2, -0.15) is 0 Å². The molecular weight excluding hydrogens is 292 g/mol. The molecule has 5 heteroatoms. The number of aryl methyl sites for hydroxylation is 1. The number of aromatic nitrogens is 1. The molecule has 0 unspecified atom stereocenters. The van der Waals surface area contributed by atoms with Crippen molar-refractivity contribution in [3.05, 3.63) is 70.2 Å². The van der Waals surface area contributed by atoms with Crippen LogP contribution in [0, 0.1) is 0 Å². The average Bonchev–Trinajstić information content (AvgIpc) is 2.82. The summed E-state index contributed by atoms with van der Waals surface area (Å²) in [4.78, 5) is 23.4. The van der Waals surface area contributed by atoms with Crippen LogP contribution in [0.15, 0.2) is 57.7 Å². The lowest BCUT2D eigenvalue weighted by Crippen LogP contribution is -2.27. The Kier molecular flexibility index (Phi) is 4.28. The Morgan fingerprint density at radius 3 is 2.70 bits per heavy atom. The molecule has 2 aromatic carbocycles. The molecule has 0 aliphatic carbocycles. The molecule has 0 fully saturated rings. The Morgan fingerprint density at radius 1 is 1.13 bits per heavy atom. The molecule has 1 heterocycles. The van der Waals surface area contributed by atoms with E-state index in [0.717, 1.165) is 16.6 Å². The minimum Gasteiger partial charge on any atom is -0.408 e. The van der Waals surface area contributed by atoms with Crippen LogP contribution in [-0.4, -0.2) is 17.0 Å². The quantitative estimate of drug-likeness (QED) is 0.784. The first-order chi connectivity index (χ1) is 11.1. The minimum atomic E-state index is -0.367. The van der Waals surface area contributed by atoms with Crippen LogP contribution in [0.4, 0.5) is 0 Å². The Hall–Kier alpha value is -2.82. The van der Waals surface area contributed by atoms with Crippen LogP contribution in [0.2, 0.25) is 0 Å². The molecule has 0 spiro atoms. The van der Waals surface area contributed by atoms with Gasteiger partial charge in [0, 0.05) is 13.6 Å². The summed E-state index contributed by atoms with van der Waals surface area (Å²) >= 11 is 0. The fraction of sp³-hybridized carbons (Fsp3) is 0.222. The van der Waals surface area contributed by atoms with Crippen LogP contribution < -0.4 is 11.1 Å². The fourth-order valence-corrected chi connectivity index (χ4v) is 2.52. The molecule has 3 aromatic rings. The van der Waals surface area contributed by atoms with Crippen LogP contribution in [0.3, 0.4) is 0 Å². The number of carbonyl (C=O) groups excluding carboxylic acids is 1. The average molecular weight is 310 g/mol. The number of hydrogen-bond donors (Lipinski definition) is 1. The van der Waals surface area contributed by atoms with Crippen molar-refractivity contribution < 1.29 is 9.21 Å². The standard InChI is InChI=1S/C18H18N2O3/c1-20-15-8-7-14(11-16(15)23-18(20)22)9-10-19-17(21)12-13-5-3-2-4-6-13/h2-8,11H,9-10,12H2,1H3,(H,19,21). The molecule has 0 saturated heterocycles. The third-order valence-corrected chi connectivity index (χ3v) is 3.80. The van der Waals surface area contributed by atoms with Gasteiger partial charge in [0.2, 0.25) is 5.91 Å². The first-order valence-corrected chi connectivity index (χ1v) is 7.52. The van der Waals surface area contributed by atoms with Gasteiger partial charge in [-0.3, -0.25) is 9.36 Å². The number of fused-ring (bicyclic) bond motifs is 1. The highest BCUT2D eigenvalue weighted by Gasteiger charge is 2.07. The number of benzene rings is 2. The molecule has 1 N–H and O–H groups in total. The van der Waals surface area contributed by atoms with Gasteiger partial charge in [-0.25, -0.2) is 4.79 Å². The summed E-state index contributed by atoms with van der Waals surface area (Å²) in [5.74, 6) is -0.364. The van der Waals surface area contributed by atoms with Crippen molar-refractivity contribution >= 4 is 17.0 Å². The number of amides is 1. The predicted octanol–water partition coefficient (Wildman–Crippen LogP) is 2.03. The number of nitrogens with zero attached hydrogens (tertiary/aromatic N) is 1. The van der Waals surface area contributed by atoms with Gasteiger partial charge >= 0.3 is 5.76 Å². The molecule has 0 atom stereocenters. The van der Waals surface area contributed by atoms with E-state index in [4.69, 9.17) is 4.42 Å². The molecule has 0 aliphatic heterocycles. The van der Waals surface area contributed by atoms with Crippen LogP contribution in [0.1, 0.15) is 11.1 Å². The maximum atomic E-state index is 11.9. The second-order valence-electron chi connectivity index (χ2n) is 5.49. The van der Waals surface area contributed by atoms with Crippen molar-refractivity contribution in [3.8, 4) is 0 Å². The van der Waals surface area contributed by atoms with Gasteiger partial charge in [-0.1, -0.05) is 36.4 Å². The Bertz CT molecular complexity index is 878. The van der Waals surface area contributed by atoms with Crippen LogP contribution in [0.25, 0.3) is 11.1 Å². The van der Waals surface area contributed by atoms with Crippen LogP contribution in [-0.2, 0) is 24.7 Å². The highest BCUT2D eigenvalue weighted by molar-refractivity contribution is 5.78. The molecule has 118 valence electrons. The zero-order valence-corrected chi connectivity index (χ0v) is 12.9. The molecule has 0 bridgehead atoms. The monoisotopic (exact) mass is 310 g/mol. The maximum Gasteiger partial charge on any atom is 0.419 e. The van der Waals surface area contributed by atoms with E-state index >= 15 is 0 Å². The Balaban J connectivity index is 1.56. The minimum absolute atomic E-state index is 0.00326. The van der Waals surface area contributed by atoms with Gasteiger partial charge in [-0.15, -0.1) is 0 Å². The van der Waals surface area contributed by atoms with Crippen molar-refractivity contribution in [3.63, 3.8) is 0 Å². The van der Waals surface area contributed by atoms with Crippen molar-refractivity contribution in [2.75, 3.05) is 6.54 Å². The van der Waals surface area contributed by atoms with Gasteiger partial charge in [0.25, 0.3) is 0 Å². The fourth-order valence-electron chi connectivity index (χ4n) is 2.52. The number of nitrogens with one attached hydrogen (secondary N) is 1. The first-order valence-electron chi connectivity index (χ1n) is 7.52. The van der Waals surface area contributed by atoms with Crippen LogP contribution >= 0.6 is 0 Å². The summed E-state index contributed by atoms with van der Waals surface area (Å²) in [5, 5.41) is 2.91. The normalized spacial score (nSPS) is 10.8. The largest absolute Gasteiger partial charge is 0.419 e. The van der Waals surface area contributed by atoms with E-state index < -0.39 is 0 Å². The summed E-state index contributed by atoms with van der Waals surface area (Å²) in [7, 11) is 1.68. The molecule has 5 nitrogen and oxygen atoms in total. The Morgan fingerprint density at radius 2 is 1.91 bits per heavy atom. The van der Waals surface area contributed by atoms with Crippen molar-refractivity contribution in [2.45, 2.75) is 12.8 Å². The maximum absolute atomic E-state index is 11.9. The third kappa shape index (κ3) is 3.51. The van der Waals surface area contributed by atoms with Gasteiger partial charge in [0.1, 0.15) is 0 Å². The van der Waals surface area contributed by atoms with E-state index in [9.17, 15) is 9.59 Å². The lowest BCUT2D eigenvalue weighted by atomic mass is 10.1. The molecule has 1 aromatic heterocycles. The van der Waals surface area contributed by atoms with E-state index in [2.05, 4.69) is 5.32 Å². The van der Waals surface area contributed by atoms with Gasteiger partial charge in [-0.05, 0) is 29.7 Å². The topological polar surface area (TPSA) is 64.2 Å². The second-order valence-corrected chi connectivity index (χ2v) is 5.49. The zero-order valence-electron chi connectivity index (χ0n) is 12.9. The molecule has 0 radical (unpaired) electrons. The molecule has 0 saturated carbocycles. The summed E-state index contributed by atoms with van der Waals surface area (Å²) in [6.07, 6.45) is 1.07. The summed E-state index contributed by atoms with van der Waals surface area (Å²) in [6.45, 7) is 0.550. The first kappa shape index (κ1) is 15.1. The molecule has 3 rings (SSSR count). The van der Waals surface area contributed by atoms with Gasteiger partial charge in [0.05, 0.1) is 11.9 Å². The van der Waals surface area contributed by atoms with Gasteiger partial charge in [0.15, 0.2) is 5.58 Å². The zero-order chi connectivity index (χ0) is 16.2. The van der Waals surface area contributed by atoms with Crippen molar-refractivity contribution in [2.24, 2.45) is 7.05 Å². The van der Waals surface area contributed by atoms with Gasteiger partial charge < -0.3 is 9.73 Å². The van der Waals surface area contributed by atoms with E-state index in [1.165, 1.54) is 4.57 Å². The SMILES string of the molecule is Cn1c(=O)oc2cc(CCNC(=O)Cc3ccccc3)ccc21. The summed E-state index contributed by atoms with van der Waals surface area (Å²) in [5.41, 5.74) is 3.36. The lowest BCUT2D eigenvalue weighted by Gasteiger charge is -2.05. The van der Waals surface area contributed by atoms with Crippen molar-refractivity contribution in [1.29, 1.82) is 0 Å². The van der Waals surface area contributed by atoms with E-state index in [-0.39, 0.29) is 11.7 Å². The van der Waals surface area contributed by atoms with E-state index in [1.54, 1.807) is 7.05 Å². The molecule has 0 aliphatic rings. The smallest absolute Gasteiger partial charge is 0.408 e. The predicted molar refractivity (Wildman–Crippen MR) is 88.3 cm³/mol. The van der Waals surface area contributed by atoms with E-state index in [0.29, 0.717) is 25.0 Å². The number of rotatable bonds is 5. The van der Waals surface area contributed by atoms with Crippen molar-refractivity contribution in [1.82, 2.24) is 9.88 Å². The Labute approximate surface area is 133 Å². The molecule has 23 heavy (non-hydrogen) atoms. The third-order valence-electron chi connectivity index (χ3n) is 3.80. The number of hydrogen-bond acceptors (Lipinski definition) is 3. The van der Waals surface area contributed by atoms with E-state index in [1.807, 2.05) is 48.5 Å². The van der Waals surface area contributed by atoms with Crippen LogP contribution in [0.5, 0.6) is 0 Å². The number of carbonyl (C=O) groups is 1. The molecular formula is C18H18N2O3. The highest BCUT2D eigenvalue weighted by Crippen LogP contribution is 2.14. The lowest BCUT2D eigenvalue weighted by molar-refractivity contribution is -0.120. The molecule has 1 amide bonds.